The smallest absolute Gasteiger partial charge is 0.339 e. The highest BCUT2D eigenvalue weighted by Gasteiger charge is 2.21. The van der Waals surface area contributed by atoms with Gasteiger partial charge in [0.2, 0.25) is 0 Å². The number of halogens is 4. The van der Waals surface area contributed by atoms with Crippen LogP contribution in [0.4, 0.5) is 10.1 Å². The van der Waals surface area contributed by atoms with E-state index in [4.69, 9.17) is 15.8 Å². The van der Waals surface area contributed by atoms with Gasteiger partial charge in [-0.2, -0.15) is 13.7 Å². The molecule has 1 amide bonds. The summed E-state index contributed by atoms with van der Waals surface area (Å²) in [5.41, 5.74) is 0.512. The first kappa shape index (κ1) is 24.9. The molecule has 0 fully saturated rings. The van der Waals surface area contributed by atoms with Gasteiger partial charge in [-0.3, -0.25) is 4.79 Å². The molecule has 33 heavy (non-hydrogen) atoms. The van der Waals surface area contributed by atoms with E-state index in [1.54, 1.807) is 6.07 Å². The molecule has 6 nitrogen and oxygen atoms in total. The fourth-order valence-electron chi connectivity index (χ4n) is 2.55. The van der Waals surface area contributed by atoms with Crippen LogP contribution in [-0.2, 0) is 14.9 Å². The van der Waals surface area contributed by atoms with Gasteiger partial charge in [-0.25, -0.2) is 4.39 Å². The third-order valence-corrected chi connectivity index (χ3v) is 6.76. The highest BCUT2D eigenvalue weighted by molar-refractivity contribution is 9.11. The Balaban J connectivity index is 1.85. The number of nitriles is 1. The Kier molecular flexibility index (Phi) is 7.92. The van der Waals surface area contributed by atoms with Crippen molar-refractivity contribution in [3.63, 3.8) is 0 Å². The Labute approximate surface area is 211 Å². The molecule has 0 saturated carbocycles. The SMILES string of the molecule is N#C/C(=C\c1cc(Br)c(OS(=O)(=O)c2ccc(Cl)cc2)c(Br)c1)C(=O)Nc1ccc(F)cc1. The molecule has 0 radical (unpaired) electrons. The van der Waals surface area contributed by atoms with Gasteiger partial charge in [-0.05, 0) is 104 Å². The molecule has 0 aliphatic rings. The molecule has 11 heteroatoms. The van der Waals surface area contributed by atoms with Gasteiger partial charge in [0.25, 0.3) is 5.91 Å². The molecular weight excluding hydrogens is 603 g/mol. The van der Waals surface area contributed by atoms with Crippen LogP contribution >= 0.6 is 43.5 Å². The Morgan fingerprint density at radius 2 is 1.64 bits per heavy atom. The lowest BCUT2D eigenvalue weighted by molar-refractivity contribution is -0.112. The van der Waals surface area contributed by atoms with E-state index >= 15 is 0 Å². The minimum Gasteiger partial charge on any atom is -0.377 e. The third-order valence-electron chi connectivity index (χ3n) is 4.09. The summed E-state index contributed by atoms with van der Waals surface area (Å²) in [6.45, 7) is 0. The zero-order valence-corrected chi connectivity index (χ0v) is 21.1. The molecule has 0 bridgehead atoms. The lowest BCUT2D eigenvalue weighted by Crippen LogP contribution is -2.13. The fraction of sp³-hybridized carbons (Fsp3) is 0. The third kappa shape index (κ3) is 6.42. The number of carbonyl (C=O) groups is 1. The van der Waals surface area contributed by atoms with Gasteiger partial charge < -0.3 is 9.50 Å². The molecule has 3 aromatic rings. The van der Waals surface area contributed by atoms with E-state index in [2.05, 4.69) is 37.2 Å². The summed E-state index contributed by atoms with van der Waals surface area (Å²) >= 11 is 12.3. The maximum atomic E-state index is 13.0. The number of amides is 1. The van der Waals surface area contributed by atoms with E-state index in [1.165, 1.54) is 66.7 Å². The van der Waals surface area contributed by atoms with Crippen LogP contribution in [0, 0.1) is 17.1 Å². The standard InChI is InChI=1S/C22H12Br2ClFN2O4S/c23-19-10-13(9-14(12-27)22(29)28-17-5-3-16(26)4-6-17)11-20(24)21(19)32-33(30,31)18-7-1-15(25)2-8-18/h1-11H,(H,28,29)/b14-9+. The van der Waals surface area contributed by atoms with E-state index < -0.39 is 21.8 Å². The minimum absolute atomic E-state index is 0.0172. The first-order valence-electron chi connectivity index (χ1n) is 8.97. The number of anilines is 1. The van der Waals surface area contributed by atoms with Crippen molar-refractivity contribution in [2.75, 3.05) is 5.32 Å². The average Bonchev–Trinajstić information content (AvgIpc) is 2.76. The summed E-state index contributed by atoms with van der Waals surface area (Å²) in [5, 5.41) is 12.3. The monoisotopic (exact) mass is 612 g/mol. The van der Waals surface area contributed by atoms with Gasteiger partial charge in [0.1, 0.15) is 22.4 Å². The summed E-state index contributed by atoms with van der Waals surface area (Å²) in [7, 11) is -4.14. The molecular formula is C22H12Br2ClFN2O4S. The molecule has 0 spiro atoms. The molecule has 0 unspecified atom stereocenters. The Morgan fingerprint density at radius 3 is 2.18 bits per heavy atom. The maximum Gasteiger partial charge on any atom is 0.339 e. The molecule has 0 atom stereocenters. The van der Waals surface area contributed by atoms with Crippen molar-refractivity contribution < 1.29 is 21.8 Å². The topological polar surface area (TPSA) is 96.3 Å². The Bertz CT molecular complexity index is 1360. The summed E-state index contributed by atoms with van der Waals surface area (Å²) in [6.07, 6.45) is 1.31. The van der Waals surface area contributed by atoms with Crippen LogP contribution in [0.1, 0.15) is 5.56 Å². The van der Waals surface area contributed by atoms with E-state index in [9.17, 15) is 22.9 Å². The molecule has 0 aliphatic carbocycles. The van der Waals surface area contributed by atoms with Crippen molar-refractivity contribution in [1.82, 2.24) is 0 Å². The van der Waals surface area contributed by atoms with Crippen molar-refractivity contribution in [3.05, 3.63) is 91.6 Å². The van der Waals surface area contributed by atoms with E-state index in [0.717, 1.165) is 0 Å². The Morgan fingerprint density at radius 1 is 1.06 bits per heavy atom. The predicted molar refractivity (Wildman–Crippen MR) is 130 cm³/mol. The Hall–Kier alpha value is -2.71. The van der Waals surface area contributed by atoms with Crippen molar-refractivity contribution in [2.24, 2.45) is 0 Å². The number of nitrogens with zero attached hydrogens (tertiary/aromatic N) is 1. The first-order valence-corrected chi connectivity index (χ1v) is 12.3. The van der Waals surface area contributed by atoms with Crippen LogP contribution in [0.2, 0.25) is 5.02 Å². The molecule has 3 rings (SSSR count). The predicted octanol–water partition coefficient (Wildman–Crippen LogP) is 6.32. The van der Waals surface area contributed by atoms with Crippen LogP contribution < -0.4 is 9.50 Å². The van der Waals surface area contributed by atoms with E-state index in [-0.39, 0.29) is 25.2 Å². The van der Waals surface area contributed by atoms with Gasteiger partial charge in [0, 0.05) is 10.7 Å². The van der Waals surface area contributed by atoms with Crippen molar-refractivity contribution in [2.45, 2.75) is 4.90 Å². The van der Waals surface area contributed by atoms with Crippen LogP contribution in [0.5, 0.6) is 5.75 Å². The van der Waals surface area contributed by atoms with Crippen LogP contribution in [0.3, 0.4) is 0 Å². The quantitative estimate of drug-likeness (QED) is 0.199. The highest BCUT2D eigenvalue weighted by atomic mass is 79.9. The molecule has 168 valence electrons. The average molecular weight is 615 g/mol. The van der Waals surface area contributed by atoms with Crippen molar-refractivity contribution in [1.29, 1.82) is 5.26 Å². The number of benzene rings is 3. The number of hydrogen-bond acceptors (Lipinski definition) is 5. The summed E-state index contributed by atoms with van der Waals surface area (Å²) < 4.78 is 43.9. The second kappa shape index (κ2) is 10.5. The van der Waals surface area contributed by atoms with E-state index in [1.807, 2.05) is 0 Å². The van der Waals surface area contributed by atoms with Crippen molar-refractivity contribution >= 4 is 71.2 Å². The molecule has 3 aromatic carbocycles. The van der Waals surface area contributed by atoms with Gasteiger partial charge in [0.05, 0.1) is 8.95 Å². The molecule has 0 saturated heterocycles. The lowest BCUT2D eigenvalue weighted by Gasteiger charge is -2.12. The van der Waals surface area contributed by atoms with E-state index in [0.29, 0.717) is 16.3 Å². The molecule has 1 N–H and O–H groups in total. The summed E-state index contributed by atoms with van der Waals surface area (Å²) in [5.74, 6) is -1.17. The highest BCUT2D eigenvalue weighted by Crippen LogP contribution is 2.37. The van der Waals surface area contributed by atoms with Gasteiger partial charge in [0.15, 0.2) is 5.75 Å². The zero-order chi connectivity index (χ0) is 24.2. The zero-order valence-electron chi connectivity index (χ0n) is 16.4. The second-order valence-electron chi connectivity index (χ2n) is 6.44. The molecule has 0 aliphatic heterocycles. The minimum atomic E-state index is -4.14. The second-order valence-corrected chi connectivity index (χ2v) is 10.1. The molecule has 0 heterocycles. The number of rotatable bonds is 6. The van der Waals surface area contributed by atoms with Crippen LogP contribution in [0.25, 0.3) is 6.08 Å². The fourth-order valence-corrected chi connectivity index (χ4v) is 5.24. The number of nitrogens with one attached hydrogen (secondary N) is 1. The van der Waals surface area contributed by atoms with Crippen LogP contribution in [0.15, 0.2) is 80.1 Å². The largest absolute Gasteiger partial charge is 0.377 e. The molecule has 0 aromatic heterocycles. The first-order chi connectivity index (χ1) is 15.6. The van der Waals surface area contributed by atoms with Crippen LogP contribution in [-0.4, -0.2) is 14.3 Å². The van der Waals surface area contributed by atoms with Gasteiger partial charge >= 0.3 is 10.1 Å². The van der Waals surface area contributed by atoms with Gasteiger partial charge in [-0.15, -0.1) is 0 Å². The number of carbonyl (C=O) groups excluding carboxylic acids is 1. The number of hydrogen-bond donors (Lipinski definition) is 1. The summed E-state index contributed by atoms with van der Waals surface area (Å²) in [6, 6.07) is 15.3. The summed E-state index contributed by atoms with van der Waals surface area (Å²) in [4.78, 5) is 12.3. The normalized spacial score (nSPS) is 11.5. The van der Waals surface area contributed by atoms with Gasteiger partial charge in [-0.1, -0.05) is 11.6 Å². The maximum absolute atomic E-state index is 13.0. The van der Waals surface area contributed by atoms with Crippen molar-refractivity contribution in [3.8, 4) is 11.8 Å². The lowest BCUT2D eigenvalue weighted by atomic mass is 10.1.